The summed E-state index contributed by atoms with van der Waals surface area (Å²) in [6.45, 7) is 8.32. The Hall–Kier alpha value is -2.52. The van der Waals surface area contributed by atoms with Crippen molar-refractivity contribution in [2.24, 2.45) is 5.92 Å². The second-order valence-corrected chi connectivity index (χ2v) is 11.0. The van der Waals surface area contributed by atoms with Gasteiger partial charge in [-0.3, -0.25) is 14.3 Å². The van der Waals surface area contributed by atoms with Crippen LogP contribution < -0.4 is 4.72 Å². The molecule has 2 aromatic rings. The number of carbonyl (C=O) groups is 2. The standard InChI is InChI=1S/C25H33N3O4S2/c1-5-27(6-2)24(29)20-9-7-8-10-22(20)26-34(31,32)19-11-12-23(33-4)21(17-19)25(30)28-15-13-18(3)14-16-28/h7-12,17-18,26H,5-6,13-16H2,1-4H3. The first-order valence-electron chi connectivity index (χ1n) is 11.6. The van der Waals surface area contributed by atoms with Crippen molar-refractivity contribution in [2.75, 3.05) is 37.2 Å². The minimum absolute atomic E-state index is 0.0101. The lowest BCUT2D eigenvalue weighted by Crippen LogP contribution is -2.38. The normalized spacial score (nSPS) is 14.6. The first-order valence-corrected chi connectivity index (χ1v) is 14.3. The lowest BCUT2D eigenvalue weighted by atomic mass is 9.98. The molecule has 0 saturated carbocycles. The van der Waals surface area contributed by atoms with Crippen LogP contribution in [-0.4, -0.2) is 62.5 Å². The second kappa shape index (κ2) is 11.3. The first-order chi connectivity index (χ1) is 16.2. The summed E-state index contributed by atoms with van der Waals surface area (Å²) >= 11 is 1.41. The second-order valence-electron chi connectivity index (χ2n) is 8.47. The smallest absolute Gasteiger partial charge is 0.261 e. The van der Waals surface area contributed by atoms with Crippen LogP contribution in [-0.2, 0) is 10.0 Å². The summed E-state index contributed by atoms with van der Waals surface area (Å²) in [6.07, 6.45) is 3.75. The number of para-hydroxylation sites is 1. The number of hydrogen-bond donors (Lipinski definition) is 1. The summed E-state index contributed by atoms with van der Waals surface area (Å²) in [7, 11) is -4.03. The molecule has 7 nitrogen and oxygen atoms in total. The van der Waals surface area contributed by atoms with E-state index in [0.29, 0.717) is 37.7 Å². The summed E-state index contributed by atoms with van der Waals surface area (Å²) in [6, 6.07) is 11.2. The lowest BCUT2D eigenvalue weighted by molar-refractivity contribution is 0.0692. The molecule has 3 rings (SSSR count). The zero-order valence-electron chi connectivity index (χ0n) is 20.2. The molecule has 1 aliphatic heterocycles. The summed E-state index contributed by atoms with van der Waals surface area (Å²) in [5.41, 5.74) is 0.887. The van der Waals surface area contributed by atoms with Gasteiger partial charge in [-0.05, 0) is 69.2 Å². The van der Waals surface area contributed by atoms with E-state index >= 15 is 0 Å². The average molecular weight is 504 g/mol. The van der Waals surface area contributed by atoms with Crippen LogP contribution in [0.2, 0.25) is 0 Å². The van der Waals surface area contributed by atoms with Crippen LogP contribution >= 0.6 is 11.8 Å². The minimum atomic E-state index is -4.03. The number of amides is 2. The number of carbonyl (C=O) groups excluding carboxylic acids is 2. The number of piperidine rings is 1. The van der Waals surface area contributed by atoms with Crippen molar-refractivity contribution in [1.82, 2.24) is 9.80 Å². The van der Waals surface area contributed by atoms with Gasteiger partial charge < -0.3 is 9.80 Å². The third-order valence-corrected chi connectivity index (χ3v) is 8.39. The van der Waals surface area contributed by atoms with Crippen molar-refractivity contribution in [1.29, 1.82) is 0 Å². The number of nitrogens with zero attached hydrogens (tertiary/aromatic N) is 2. The Labute approximate surface area is 207 Å². The van der Waals surface area contributed by atoms with Gasteiger partial charge in [-0.2, -0.15) is 0 Å². The Balaban J connectivity index is 1.93. The third kappa shape index (κ3) is 5.75. The van der Waals surface area contributed by atoms with Gasteiger partial charge in [0.15, 0.2) is 0 Å². The Kier molecular flexibility index (Phi) is 8.65. The van der Waals surface area contributed by atoms with Crippen molar-refractivity contribution in [3.8, 4) is 0 Å². The maximum Gasteiger partial charge on any atom is 0.261 e. The molecule has 1 saturated heterocycles. The van der Waals surface area contributed by atoms with Crippen molar-refractivity contribution in [3.05, 3.63) is 53.6 Å². The Morgan fingerprint density at radius 2 is 1.71 bits per heavy atom. The van der Waals surface area contributed by atoms with E-state index in [9.17, 15) is 18.0 Å². The van der Waals surface area contributed by atoms with Crippen LogP contribution in [0.4, 0.5) is 5.69 Å². The van der Waals surface area contributed by atoms with E-state index in [4.69, 9.17) is 0 Å². The van der Waals surface area contributed by atoms with E-state index in [1.54, 1.807) is 40.1 Å². The maximum atomic E-state index is 13.3. The predicted molar refractivity (Wildman–Crippen MR) is 137 cm³/mol. The number of likely N-dealkylation sites (tertiary alicyclic amines) is 1. The highest BCUT2D eigenvalue weighted by Crippen LogP contribution is 2.28. The number of benzene rings is 2. The number of rotatable bonds is 8. The number of sulfonamides is 1. The highest BCUT2D eigenvalue weighted by Gasteiger charge is 2.26. The fraction of sp³-hybridized carbons (Fsp3) is 0.440. The van der Waals surface area contributed by atoms with Gasteiger partial charge in [0.1, 0.15) is 0 Å². The van der Waals surface area contributed by atoms with Gasteiger partial charge in [0.05, 0.1) is 21.7 Å². The van der Waals surface area contributed by atoms with Gasteiger partial charge >= 0.3 is 0 Å². The van der Waals surface area contributed by atoms with Gasteiger partial charge in [-0.25, -0.2) is 8.42 Å². The van der Waals surface area contributed by atoms with Crippen molar-refractivity contribution in [3.63, 3.8) is 0 Å². The van der Waals surface area contributed by atoms with E-state index in [0.717, 1.165) is 17.7 Å². The highest BCUT2D eigenvalue weighted by molar-refractivity contribution is 7.98. The Bertz CT molecular complexity index is 1140. The SMILES string of the molecule is CCN(CC)C(=O)c1ccccc1NS(=O)(=O)c1ccc(SC)c(C(=O)N2CCC(C)CC2)c1. The molecule has 0 aromatic heterocycles. The molecule has 184 valence electrons. The fourth-order valence-electron chi connectivity index (χ4n) is 4.05. The Morgan fingerprint density at radius 3 is 2.32 bits per heavy atom. The van der Waals surface area contributed by atoms with Crippen LogP contribution in [0.3, 0.4) is 0 Å². The predicted octanol–water partition coefficient (Wildman–Crippen LogP) is 4.56. The van der Waals surface area contributed by atoms with Crippen molar-refractivity contribution in [2.45, 2.75) is 43.4 Å². The maximum absolute atomic E-state index is 13.3. The highest BCUT2D eigenvalue weighted by atomic mass is 32.2. The van der Waals surface area contributed by atoms with E-state index in [1.807, 2.05) is 20.1 Å². The summed E-state index contributed by atoms with van der Waals surface area (Å²) in [5, 5.41) is 0. The Morgan fingerprint density at radius 1 is 1.06 bits per heavy atom. The number of thioether (sulfide) groups is 1. The molecule has 0 unspecified atom stereocenters. The van der Waals surface area contributed by atoms with E-state index in [2.05, 4.69) is 11.6 Å². The summed E-state index contributed by atoms with van der Waals surface area (Å²) in [4.78, 5) is 30.3. The fourth-order valence-corrected chi connectivity index (χ4v) is 5.72. The van der Waals surface area contributed by atoms with Crippen LogP contribution in [0.15, 0.2) is 52.3 Å². The van der Waals surface area contributed by atoms with Crippen molar-refractivity contribution >= 4 is 39.3 Å². The molecule has 0 spiro atoms. The molecule has 1 N–H and O–H groups in total. The van der Waals surface area contributed by atoms with E-state index in [1.165, 1.54) is 23.9 Å². The molecule has 34 heavy (non-hydrogen) atoms. The first kappa shape index (κ1) is 26.1. The minimum Gasteiger partial charge on any atom is -0.339 e. The molecule has 1 fully saturated rings. The monoisotopic (exact) mass is 503 g/mol. The largest absolute Gasteiger partial charge is 0.339 e. The summed E-state index contributed by atoms with van der Waals surface area (Å²) in [5.74, 6) is 0.195. The molecule has 1 heterocycles. The molecule has 0 aliphatic carbocycles. The number of nitrogens with one attached hydrogen (secondary N) is 1. The van der Waals surface area contributed by atoms with Gasteiger partial charge in [0.25, 0.3) is 21.8 Å². The molecular weight excluding hydrogens is 470 g/mol. The van der Waals surface area contributed by atoms with Gasteiger partial charge in [-0.15, -0.1) is 11.8 Å². The van der Waals surface area contributed by atoms with Crippen LogP contribution in [0.1, 0.15) is 54.3 Å². The van der Waals surface area contributed by atoms with Crippen molar-refractivity contribution < 1.29 is 18.0 Å². The molecule has 0 radical (unpaired) electrons. The van der Waals surface area contributed by atoms with Crippen LogP contribution in [0.25, 0.3) is 0 Å². The van der Waals surface area contributed by atoms with Gasteiger partial charge in [-0.1, -0.05) is 19.1 Å². The average Bonchev–Trinajstić information content (AvgIpc) is 2.84. The van der Waals surface area contributed by atoms with E-state index < -0.39 is 10.0 Å². The molecule has 2 amide bonds. The molecular formula is C25H33N3O4S2. The zero-order valence-corrected chi connectivity index (χ0v) is 21.8. The lowest BCUT2D eigenvalue weighted by Gasteiger charge is -2.30. The molecule has 0 bridgehead atoms. The van der Waals surface area contributed by atoms with E-state index in [-0.39, 0.29) is 28.0 Å². The van der Waals surface area contributed by atoms with Crippen LogP contribution in [0.5, 0.6) is 0 Å². The molecule has 9 heteroatoms. The van der Waals surface area contributed by atoms with Gasteiger partial charge in [0.2, 0.25) is 0 Å². The topological polar surface area (TPSA) is 86.8 Å². The number of anilines is 1. The summed E-state index contributed by atoms with van der Waals surface area (Å²) < 4.78 is 29.2. The zero-order chi connectivity index (χ0) is 24.9. The molecule has 0 atom stereocenters. The molecule has 1 aliphatic rings. The number of hydrogen-bond acceptors (Lipinski definition) is 5. The van der Waals surface area contributed by atoms with Crippen LogP contribution in [0, 0.1) is 5.92 Å². The van der Waals surface area contributed by atoms with Gasteiger partial charge in [0, 0.05) is 31.1 Å². The quantitative estimate of drug-likeness (QED) is 0.534. The third-order valence-electron chi connectivity index (χ3n) is 6.23. The molecule has 2 aromatic carbocycles.